The normalized spacial score (nSPS) is 18.7. The molecular weight excluding hydrogens is 328 g/mol. The molecule has 2 aliphatic rings. The van der Waals surface area contributed by atoms with Crippen LogP contribution in [0.4, 0.5) is 5.69 Å². The molecule has 0 aliphatic carbocycles. The molecule has 0 atom stereocenters. The van der Waals surface area contributed by atoms with Crippen LogP contribution in [0, 0.1) is 0 Å². The Labute approximate surface area is 154 Å². The number of nitrogens with zero attached hydrogens (tertiary/aromatic N) is 6. The van der Waals surface area contributed by atoms with Crippen LogP contribution >= 0.6 is 0 Å². The summed E-state index contributed by atoms with van der Waals surface area (Å²) in [6.45, 7) is 7.08. The maximum absolute atomic E-state index is 12.8. The molecule has 0 radical (unpaired) electrons. The number of aryl methyl sites for hydroxylation is 1. The van der Waals surface area contributed by atoms with Gasteiger partial charge in [-0.25, -0.2) is 4.98 Å². The van der Waals surface area contributed by atoms with E-state index >= 15 is 0 Å². The van der Waals surface area contributed by atoms with E-state index in [2.05, 4.69) is 38.1 Å². The van der Waals surface area contributed by atoms with Gasteiger partial charge in [0.2, 0.25) is 5.91 Å². The second-order valence-electron chi connectivity index (χ2n) is 7.05. The lowest BCUT2D eigenvalue weighted by Gasteiger charge is -2.36. The van der Waals surface area contributed by atoms with Crippen LogP contribution in [0.1, 0.15) is 12.0 Å². The minimum Gasteiger partial charge on any atom is -0.311 e. The number of carbonyl (C=O) groups is 1. The number of amides is 1. The van der Waals surface area contributed by atoms with Gasteiger partial charge in [-0.05, 0) is 24.5 Å². The van der Waals surface area contributed by atoms with E-state index in [-0.39, 0.29) is 5.91 Å². The molecule has 2 aromatic rings. The molecule has 0 spiro atoms. The van der Waals surface area contributed by atoms with Crippen molar-refractivity contribution in [2.75, 3.05) is 50.7 Å². The van der Waals surface area contributed by atoms with E-state index in [9.17, 15) is 4.79 Å². The Hall–Kier alpha value is -2.25. The zero-order chi connectivity index (χ0) is 17.8. The highest BCUT2D eigenvalue weighted by Gasteiger charge is 2.25. The summed E-state index contributed by atoms with van der Waals surface area (Å²) in [5, 5.41) is 4.14. The van der Waals surface area contributed by atoms with Crippen molar-refractivity contribution in [2.45, 2.75) is 19.4 Å². The summed E-state index contributed by atoms with van der Waals surface area (Å²) in [6.07, 6.45) is 5.46. The lowest BCUT2D eigenvalue weighted by atomic mass is 10.0. The molecule has 1 saturated heterocycles. The fraction of sp³-hybridized carbons (Fsp3) is 0.526. The van der Waals surface area contributed by atoms with Crippen molar-refractivity contribution in [1.29, 1.82) is 0 Å². The standard InChI is InChI=1S/C19H26N6O/c26-19(25-7-3-5-17-4-1-2-6-18(17)25)14-23-10-8-22(9-11-23)12-13-24-16-20-15-21-24/h1-2,4,6,15-16H,3,5,7-14H2. The number of hydrogen-bond acceptors (Lipinski definition) is 5. The van der Waals surface area contributed by atoms with Crippen molar-refractivity contribution in [3.63, 3.8) is 0 Å². The number of fused-ring (bicyclic) bond motifs is 1. The summed E-state index contributed by atoms with van der Waals surface area (Å²) in [4.78, 5) is 23.5. The van der Waals surface area contributed by atoms with Gasteiger partial charge in [0.15, 0.2) is 0 Å². The molecule has 26 heavy (non-hydrogen) atoms. The molecule has 4 rings (SSSR count). The molecule has 7 heteroatoms. The minimum atomic E-state index is 0.230. The number of benzene rings is 1. The van der Waals surface area contributed by atoms with Crippen LogP contribution < -0.4 is 4.90 Å². The molecule has 0 N–H and O–H groups in total. The average Bonchev–Trinajstić information content (AvgIpc) is 3.20. The van der Waals surface area contributed by atoms with Crippen LogP contribution in [0.2, 0.25) is 0 Å². The summed E-state index contributed by atoms with van der Waals surface area (Å²) in [7, 11) is 0. The van der Waals surface area contributed by atoms with E-state index in [4.69, 9.17) is 0 Å². The van der Waals surface area contributed by atoms with Gasteiger partial charge in [-0.1, -0.05) is 18.2 Å². The zero-order valence-corrected chi connectivity index (χ0v) is 15.1. The van der Waals surface area contributed by atoms with Crippen LogP contribution in [0.5, 0.6) is 0 Å². The summed E-state index contributed by atoms with van der Waals surface area (Å²) in [5.41, 5.74) is 2.40. The second kappa shape index (κ2) is 7.97. The molecule has 3 heterocycles. The van der Waals surface area contributed by atoms with Gasteiger partial charge in [-0.15, -0.1) is 0 Å². The first-order valence-electron chi connectivity index (χ1n) is 9.45. The fourth-order valence-corrected chi connectivity index (χ4v) is 3.83. The van der Waals surface area contributed by atoms with Crippen LogP contribution in [0.3, 0.4) is 0 Å². The van der Waals surface area contributed by atoms with Crippen LogP contribution in [0.25, 0.3) is 0 Å². The predicted octanol–water partition coefficient (Wildman–Crippen LogP) is 0.875. The van der Waals surface area contributed by atoms with E-state index in [0.717, 1.165) is 64.3 Å². The summed E-state index contributed by atoms with van der Waals surface area (Å²) < 4.78 is 1.86. The number of hydrogen-bond donors (Lipinski definition) is 0. The Kier molecular flexibility index (Phi) is 5.26. The number of para-hydroxylation sites is 1. The highest BCUT2D eigenvalue weighted by atomic mass is 16.2. The smallest absolute Gasteiger partial charge is 0.241 e. The topological polar surface area (TPSA) is 57.5 Å². The number of anilines is 1. The number of aromatic nitrogens is 3. The first-order chi connectivity index (χ1) is 12.8. The number of piperazine rings is 1. The van der Waals surface area contributed by atoms with Crippen molar-refractivity contribution >= 4 is 11.6 Å². The van der Waals surface area contributed by atoms with Gasteiger partial charge in [0.05, 0.1) is 13.1 Å². The highest BCUT2D eigenvalue weighted by molar-refractivity contribution is 5.95. The lowest BCUT2D eigenvalue weighted by Crippen LogP contribution is -2.51. The predicted molar refractivity (Wildman–Crippen MR) is 100 cm³/mol. The third kappa shape index (κ3) is 3.94. The Balaban J connectivity index is 1.26. The molecule has 0 unspecified atom stereocenters. The molecule has 0 saturated carbocycles. The highest BCUT2D eigenvalue weighted by Crippen LogP contribution is 2.26. The Morgan fingerprint density at radius 2 is 1.81 bits per heavy atom. The molecule has 1 fully saturated rings. The van der Waals surface area contributed by atoms with Gasteiger partial charge in [0, 0.05) is 45.0 Å². The van der Waals surface area contributed by atoms with Crippen molar-refractivity contribution in [2.24, 2.45) is 0 Å². The first-order valence-corrected chi connectivity index (χ1v) is 9.45. The molecule has 7 nitrogen and oxygen atoms in total. The molecule has 1 aromatic carbocycles. The van der Waals surface area contributed by atoms with Gasteiger partial charge < -0.3 is 4.90 Å². The van der Waals surface area contributed by atoms with E-state index in [1.165, 1.54) is 5.56 Å². The van der Waals surface area contributed by atoms with Gasteiger partial charge in [0.25, 0.3) is 0 Å². The fourth-order valence-electron chi connectivity index (χ4n) is 3.83. The Bertz CT molecular complexity index is 723. The Morgan fingerprint density at radius 3 is 2.62 bits per heavy atom. The van der Waals surface area contributed by atoms with E-state index in [0.29, 0.717) is 6.54 Å². The quantitative estimate of drug-likeness (QED) is 0.798. The van der Waals surface area contributed by atoms with Crippen molar-refractivity contribution in [1.82, 2.24) is 24.6 Å². The summed E-state index contributed by atoms with van der Waals surface area (Å²) in [5.74, 6) is 0.230. The third-order valence-corrected chi connectivity index (χ3v) is 5.35. The van der Waals surface area contributed by atoms with Gasteiger partial charge >= 0.3 is 0 Å². The molecule has 1 amide bonds. The van der Waals surface area contributed by atoms with E-state index < -0.39 is 0 Å². The molecule has 1 aromatic heterocycles. The second-order valence-corrected chi connectivity index (χ2v) is 7.05. The summed E-state index contributed by atoms with van der Waals surface area (Å²) in [6, 6.07) is 8.31. The van der Waals surface area contributed by atoms with Crippen molar-refractivity contribution in [3.05, 3.63) is 42.5 Å². The van der Waals surface area contributed by atoms with Crippen LogP contribution in [0.15, 0.2) is 36.9 Å². The van der Waals surface area contributed by atoms with Crippen LogP contribution in [-0.4, -0.2) is 76.3 Å². The maximum Gasteiger partial charge on any atom is 0.241 e. The van der Waals surface area contributed by atoms with Crippen molar-refractivity contribution in [3.8, 4) is 0 Å². The summed E-state index contributed by atoms with van der Waals surface area (Å²) >= 11 is 0. The minimum absolute atomic E-state index is 0.230. The van der Waals surface area contributed by atoms with Gasteiger partial charge in [-0.3, -0.25) is 19.3 Å². The van der Waals surface area contributed by atoms with Gasteiger partial charge in [0.1, 0.15) is 12.7 Å². The number of carbonyl (C=O) groups excluding carboxylic acids is 1. The maximum atomic E-state index is 12.8. The average molecular weight is 354 g/mol. The zero-order valence-electron chi connectivity index (χ0n) is 15.1. The third-order valence-electron chi connectivity index (χ3n) is 5.35. The number of rotatable bonds is 5. The lowest BCUT2D eigenvalue weighted by molar-refractivity contribution is -0.120. The molecule has 138 valence electrons. The molecule has 2 aliphatic heterocycles. The largest absolute Gasteiger partial charge is 0.311 e. The SMILES string of the molecule is O=C(CN1CCN(CCn2cncn2)CC1)N1CCCc2ccccc21. The Morgan fingerprint density at radius 1 is 1.00 bits per heavy atom. The first kappa shape index (κ1) is 17.2. The van der Waals surface area contributed by atoms with Crippen LogP contribution in [-0.2, 0) is 17.8 Å². The van der Waals surface area contributed by atoms with Gasteiger partial charge in [-0.2, -0.15) is 5.10 Å². The molecule has 0 bridgehead atoms. The molecular formula is C19H26N6O. The monoisotopic (exact) mass is 354 g/mol. The van der Waals surface area contributed by atoms with E-state index in [1.807, 2.05) is 15.6 Å². The van der Waals surface area contributed by atoms with Crippen molar-refractivity contribution < 1.29 is 4.79 Å². The van der Waals surface area contributed by atoms with E-state index in [1.54, 1.807) is 12.7 Å².